The van der Waals surface area contributed by atoms with Gasteiger partial charge in [0.2, 0.25) is 11.6 Å². The molecule has 7 heteroatoms. The van der Waals surface area contributed by atoms with E-state index in [1.54, 1.807) is 4.90 Å². The Morgan fingerprint density at radius 1 is 1.07 bits per heavy atom. The van der Waals surface area contributed by atoms with E-state index in [1.807, 2.05) is 54.4 Å². The van der Waals surface area contributed by atoms with Crippen LogP contribution in [0.25, 0.3) is 0 Å². The minimum absolute atomic E-state index is 0.0414. The largest absolute Gasteiger partial charge is 0.353 e. The minimum Gasteiger partial charge on any atom is -0.349 e. The fourth-order valence-corrected chi connectivity index (χ4v) is 3.64. The van der Waals surface area contributed by atoms with Crippen LogP contribution in [-0.2, 0) is 19.5 Å². The number of hydrogen-bond acceptors (Lipinski definition) is 6. The molecular weight excluding hydrogens is 354 g/mol. The van der Waals surface area contributed by atoms with Gasteiger partial charge in [0.15, 0.2) is 0 Å². The van der Waals surface area contributed by atoms with Crippen LogP contribution in [0.5, 0.6) is 0 Å². The summed E-state index contributed by atoms with van der Waals surface area (Å²) >= 11 is 0. The van der Waals surface area contributed by atoms with Crippen LogP contribution in [0.4, 0.5) is 17.3 Å². The van der Waals surface area contributed by atoms with Crippen LogP contribution in [0.1, 0.15) is 16.7 Å². The summed E-state index contributed by atoms with van der Waals surface area (Å²) in [5, 5.41) is 12.0. The minimum atomic E-state index is -0.368. The van der Waals surface area contributed by atoms with Crippen molar-refractivity contribution in [1.82, 2.24) is 9.97 Å². The smallest absolute Gasteiger partial charge is 0.349 e. The van der Waals surface area contributed by atoms with E-state index in [0.717, 1.165) is 12.0 Å². The Morgan fingerprint density at radius 2 is 1.79 bits per heavy atom. The zero-order valence-electron chi connectivity index (χ0n) is 15.7. The second-order valence-electron chi connectivity index (χ2n) is 6.91. The Balaban J connectivity index is 1.67. The third-order valence-corrected chi connectivity index (χ3v) is 5.02. The van der Waals surface area contributed by atoms with Gasteiger partial charge in [-0.15, -0.1) is 0 Å². The first-order valence-electron chi connectivity index (χ1n) is 9.19. The van der Waals surface area contributed by atoms with Gasteiger partial charge in [0.1, 0.15) is 6.33 Å². The van der Waals surface area contributed by atoms with Crippen molar-refractivity contribution in [3.05, 3.63) is 87.7 Å². The molecule has 2 heterocycles. The lowest BCUT2D eigenvalue weighted by molar-refractivity contribution is -0.383. The highest BCUT2D eigenvalue weighted by atomic mass is 16.6. The van der Waals surface area contributed by atoms with E-state index in [4.69, 9.17) is 0 Å². The maximum absolute atomic E-state index is 12.0. The van der Waals surface area contributed by atoms with E-state index in [1.165, 1.54) is 17.5 Å². The molecule has 0 fully saturated rings. The van der Waals surface area contributed by atoms with Crippen molar-refractivity contribution >= 4 is 17.3 Å². The van der Waals surface area contributed by atoms with Crippen LogP contribution in [0.15, 0.2) is 60.9 Å². The molecule has 7 nitrogen and oxygen atoms in total. The molecule has 0 spiro atoms. The average Bonchev–Trinajstić information content (AvgIpc) is 2.73. The third kappa shape index (κ3) is 3.51. The Kier molecular flexibility index (Phi) is 4.89. The third-order valence-electron chi connectivity index (χ3n) is 5.02. The molecule has 1 aliphatic rings. The molecule has 3 aromatic rings. The summed E-state index contributed by atoms with van der Waals surface area (Å²) in [4.78, 5) is 23.9. The summed E-state index contributed by atoms with van der Waals surface area (Å²) < 4.78 is 0. The van der Waals surface area contributed by atoms with Gasteiger partial charge >= 0.3 is 5.69 Å². The van der Waals surface area contributed by atoms with Crippen LogP contribution in [-0.4, -0.2) is 28.5 Å². The predicted molar refractivity (Wildman–Crippen MR) is 108 cm³/mol. The Hall–Kier alpha value is -3.48. The molecule has 142 valence electrons. The number of aromatic nitrogens is 2. The highest BCUT2D eigenvalue weighted by Crippen LogP contribution is 2.36. The van der Waals surface area contributed by atoms with Crippen molar-refractivity contribution in [2.24, 2.45) is 0 Å². The zero-order chi connectivity index (χ0) is 19.5. The van der Waals surface area contributed by atoms with Crippen molar-refractivity contribution < 1.29 is 4.92 Å². The van der Waals surface area contributed by atoms with Crippen LogP contribution in [0.3, 0.4) is 0 Å². The molecule has 0 unspecified atom stereocenters. The second-order valence-corrected chi connectivity index (χ2v) is 6.91. The predicted octanol–water partition coefficient (Wildman–Crippen LogP) is 3.58. The molecule has 0 saturated heterocycles. The van der Waals surface area contributed by atoms with E-state index in [0.29, 0.717) is 31.3 Å². The molecule has 0 radical (unpaired) electrons. The normalized spacial score (nSPS) is 13.1. The van der Waals surface area contributed by atoms with Gasteiger partial charge in [0.05, 0.1) is 4.92 Å². The highest BCUT2D eigenvalue weighted by molar-refractivity contribution is 5.71. The topological polar surface area (TPSA) is 75.4 Å². The second kappa shape index (κ2) is 7.64. The standard InChI is InChI=1S/C21H21N5O2/c1-24(13-16-7-3-2-4-8-16)20-19(26(27)28)21(23-15-22-20)25-12-11-17-9-5-6-10-18(17)14-25/h2-10,15H,11-14H2,1H3. The van der Waals surface area contributed by atoms with Crippen molar-refractivity contribution in [2.75, 3.05) is 23.4 Å². The molecule has 0 bridgehead atoms. The lowest BCUT2D eigenvalue weighted by Gasteiger charge is -2.30. The molecule has 0 amide bonds. The summed E-state index contributed by atoms with van der Waals surface area (Å²) in [6.45, 7) is 1.83. The van der Waals surface area contributed by atoms with Gasteiger partial charge in [0, 0.05) is 26.7 Å². The summed E-state index contributed by atoms with van der Waals surface area (Å²) in [5.74, 6) is 0.710. The Labute approximate surface area is 163 Å². The zero-order valence-corrected chi connectivity index (χ0v) is 15.7. The highest BCUT2D eigenvalue weighted by Gasteiger charge is 2.30. The molecule has 0 atom stereocenters. The molecule has 2 aromatic carbocycles. The number of benzene rings is 2. The van der Waals surface area contributed by atoms with Gasteiger partial charge in [-0.25, -0.2) is 9.97 Å². The van der Waals surface area contributed by atoms with E-state index in [9.17, 15) is 10.1 Å². The van der Waals surface area contributed by atoms with Gasteiger partial charge in [-0.2, -0.15) is 0 Å². The maximum Gasteiger partial charge on any atom is 0.353 e. The molecule has 28 heavy (non-hydrogen) atoms. The fourth-order valence-electron chi connectivity index (χ4n) is 3.64. The maximum atomic E-state index is 12.0. The number of hydrogen-bond donors (Lipinski definition) is 0. The summed E-state index contributed by atoms with van der Waals surface area (Å²) in [6.07, 6.45) is 2.26. The number of nitrogens with zero attached hydrogens (tertiary/aromatic N) is 5. The summed E-state index contributed by atoms with van der Waals surface area (Å²) in [5.41, 5.74) is 3.49. The summed E-state index contributed by atoms with van der Waals surface area (Å²) in [7, 11) is 1.82. The van der Waals surface area contributed by atoms with Crippen LogP contribution in [0.2, 0.25) is 0 Å². The number of rotatable bonds is 5. The SMILES string of the molecule is CN(Cc1ccccc1)c1ncnc(N2CCc3ccccc3C2)c1[N+](=O)[O-]. The molecule has 0 aliphatic carbocycles. The molecule has 1 aromatic heterocycles. The lowest BCUT2D eigenvalue weighted by atomic mass is 10.00. The van der Waals surface area contributed by atoms with Crippen molar-refractivity contribution in [3.63, 3.8) is 0 Å². The first-order valence-corrected chi connectivity index (χ1v) is 9.19. The quantitative estimate of drug-likeness (QED) is 0.501. The van der Waals surface area contributed by atoms with Gasteiger partial charge in [-0.1, -0.05) is 54.6 Å². The molecule has 4 rings (SSSR count). The molecule has 1 aliphatic heterocycles. The monoisotopic (exact) mass is 375 g/mol. The van der Waals surface area contributed by atoms with Crippen LogP contribution in [0, 0.1) is 10.1 Å². The molecule has 0 N–H and O–H groups in total. The van der Waals surface area contributed by atoms with Crippen LogP contribution < -0.4 is 9.80 Å². The van der Waals surface area contributed by atoms with Gasteiger partial charge in [0.25, 0.3) is 0 Å². The van der Waals surface area contributed by atoms with Gasteiger partial charge in [-0.05, 0) is 23.1 Å². The first kappa shape index (κ1) is 17.9. The number of nitro groups is 1. The number of anilines is 2. The number of fused-ring (bicyclic) bond motifs is 1. The van der Waals surface area contributed by atoms with Crippen molar-refractivity contribution in [3.8, 4) is 0 Å². The van der Waals surface area contributed by atoms with E-state index >= 15 is 0 Å². The van der Waals surface area contributed by atoms with Crippen LogP contribution >= 0.6 is 0 Å². The van der Waals surface area contributed by atoms with Crippen molar-refractivity contribution in [1.29, 1.82) is 0 Å². The average molecular weight is 375 g/mol. The summed E-state index contributed by atoms with van der Waals surface area (Å²) in [6, 6.07) is 18.0. The van der Waals surface area contributed by atoms with E-state index in [-0.39, 0.29) is 10.6 Å². The van der Waals surface area contributed by atoms with Gasteiger partial charge in [-0.3, -0.25) is 10.1 Å². The van der Waals surface area contributed by atoms with E-state index in [2.05, 4.69) is 22.1 Å². The molecular formula is C21H21N5O2. The Bertz CT molecular complexity index is 993. The Morgan fingerprint density at radius 3 is 2.54 bits per heavy atom. The first-order chi connectivity index (χ1) is 13.6. The van der Waals surface area contributed by atoms with Crippen molar-refractivity contribution in [2.45, 2.75) is 19.5 Å². The van der Waals surface area contributed by atoms with E-state index < -0.39 is 0 Å². The fraction of sp³-hybridized carbons (Fsp3) is 0.238. The van der Waals surface area contributed by atoms with Gasteiger partial charge < -0.3 is 9.80 Å². The molecule has 0 saturated carbocycles. The lowest BCUT2D eigenvalue weighted by Crippen LogP contribution is -2.32.